The molecule has 0 aliphatic carbocycles. The molecule has 0 fully saturated rings. The Kier molecular flexibility index (Phi) is 2.85. The molecular formula is C11H8ClFN2O2. The normalized spacial score (nSPS) is 10.5. The van der Waals surface area contributed by atoms with Gasteiger partial charge in [0.2, 0.25) is 5.88 Å². The maximum absolute atomic E-state index is 13.1. The lowest BCUT2D eigenvalue weighted by molar-refractivity contribution is 0.447. The molecule has 0 bridgehead atoms. The standard InChI is InChI=1S/C11H8ClFN2O2/c1-5-10(16)14-9(15-11(5)17)6-2-7(12)4-8(13)3-6/h2-4H,1H3,(H2,14,15,16,17). The molecule has 4 nitrogen and oxygen atoms in total. The minimum atomic E-state index is -0.546. The van der Waals surface area contributed by atoms with Gasteiger partial charge in [0.25, 0.3) is 5.56 Å². The molecule has 88 valence electrons. The van der Waals surface area contributed by atoms with Gasteiger partial charge in [0.05, 0.1) is 5.56 Å². The molecule has 2 aromatic rings. The Labute approximate surface area is 101 Å². The zero-order valence-corrected chi connectivity index (χ0v) is 9.55. The quantitative estimate of drug-likeness (QED) is 0.820. The van der Waals surface area contributed by atoms with Crippen molar-refractivity contribution in [2.24, 2.45) is 0 Å². The van der Waals surface area contributed by atoms with Crippen molar-refractivity contribution in [2.75, 3.05) is 0 Å². The Morgan fingerprint density at radius 3 is 2.71 bits per heavy atom. The van der Waals surface area contributed by atoms with E-state index in [9.17, 15) is 14.3 Å². The highest BCUT2D eigenvalue weighted by atomic mass is 35.5. The zero-order chi connectivity index (χ0) is 12.6. The summed E-state index contributed by atoms with van der Waals surface area (Å²) in [5, 5.41) is 9.61. The van der Waals surface area contributed by atoms with E-state index in [1.54, 1.807) is 0 Å². The summed E-state index contributed by atoms with van der Waals surface area (Å²) >= 11 is 5.69. The number of rotatable bonds is 1. The number of aromatic amines is 1. The van der Waals surface area contributed by atoms with Crippen LogP contribution in [0.25, 0.3) is 11.4 Å². The zero-order valence-electron chi connectivity index (χ0n) is 8.79. The Morgan fingerprint density at radius 1 is 1.41 bits per heavy atom. The molecule has 0 saturated heterocycles. The van der Waals surface area contributed by atoms with Gasteiger partial charge in [-0.15, -0.1) is 0 Å². The number of halogens is 2. The van der Waals surface area contributed by atoms with Crippen LogP contribution in [0.15, 0.2) is 23.0 Å². The summed E-state index contributed by atoms with van der Waals surface area (Å²) in [6.07, 6.45) is 0. The number of hydrogen-bond donors (Lipinski definition) is 2. The molecule has 17 heavy (non-hydrogen) atoms. The molecular weight excluding hydrogens is 247 g/mol. The second-order valence-corrected chi connectivity index (χ2v) is 3.96. The summed E-state index contributed by atoms with van der Waals surface area (Å²) in [5.41, 5.74) is -0.0773. The lowest BCUT2D eigenvalue weighted by Crippen LogP contribution is -2.12. The third kappa shape index (κ3) is 2.29. The van der Waals surface area contributed by atoms with Gasteiger partial charge in [-0.3, -0.25) is 4.79 Å². The second kappa shape index (κ2) is 4.18. The molecule has 1 aromatic carbocycles. The number of benzene rings is 1. The Hall–Kier alpha value is -1.88. The predicted molar refractivity (Wildman–Crippen MR) is 61.7 cm³/mol. The van der Waals surface area contributed by atoms with Crippen LogP contribution in [0.4, 0.5) is 4.39 Å². The third-order valence-corrected chi connectivity index (χ3v) is 2.48. The average molecular weight is 255 g/mol. The lowest BCUT2D eigenvalue weighted by atomic mass is 10.2. The van der Waals surface area contributed by atoms with E-state index in [1.807, 2.05) is 0 Å². The van der Waals surface area contributed by atoms with Gasteiger partial charge < -0.3 is 10.1 Å². The number of nitrogens with one attached hydrogen (secondary N) is 1. The summed E-state index contributed by atoms with van der Waals surface area (Å²) in [6.45, 7) is 1.43. The van der Waals surface area contributed by atoms with Crippen molar-refractivity contribution in [3.8, 4) is 17.3 Å². The monoisotopic (exact) mass is 254 g/mol. The van der Waals surface area contributed by atoms with Crippen molar-refractivity contribution in [1.29, 1.82) is 0 Å². The SMILES string of the molecule is Cc1c(O)nc(-c2cc(F)cc(Cl)c2)[nH]c1=O. The average Bonchev–Trinajstić information content (AvgIpc) is 2.23. The van der Waals surface area contributed by atoms with E-state index in [-0.39, 0.29) is 22.3 Å². The van der Waals surface area contributed by atoms with E-state index >= 15 is 0 Å². The van der Waals surface area contributed by atoms with Crippen LogP contribution < -0.4 is 5.56 Å². The van der Waals surface area contributed by atoms with Crippen LogP contribution in [-0.2, 0) is 0 Å². The van der Waals surface area contributed by atoms with E-state index in [0.717, 1.165) is 6.07 Å². The van der Waals surface area contributed by atoms with Crippen molar-refractivity contribution in [3.63, 3.8) is 0 Å². The molecule has 2 N–H and O–H groups in total. The molecule has 0 aliphatic rings. The fourth-order valence-corrected chi connectivity index (χ4v) is 1.57. The largest absolute Gasteiger partial charge is 0.493 e. The van der Waals surface area contributed by atoms with Crippen molar-refractivity contribution < 1.29 is 9.50 Å². The van der Waals surface area contributed by atoms with Crippen LogP contribution in [-0.4, -0.2) is 15.1 Å². The van der Waals surface area contributed by atoms with Crippen molar-refractivity contribution in [3.05, 3.63) is 45.0 Å². The molecule has 0 spiro atoms. The smallest absolute Gasteiger partial charge is 0.257 e. The summed E-state index contributed by atoms with van der Waals surface area (Å²) in [4.78, 5) is 17.6. The number of aromatic nitrogens is 2. The minimum absolute atomic E-state index is 0.0690. The van der Waals surface area contributed by atoms with Crippen molar-refractivity contribution >= 4 is 11.6 Å². The van der Waals surface area contributed by atoms with E-state index in [1.165, 1.54) is 19.1 Å². The number of H-pyrrole nitrogens is 1. The second-order valence-electron chi connectivity index (χ2n) is 3.52. The molecule has 0 saturated carbocycles. The minimum Gasteiger partial charge on any atom is -0.493 e. The van der Waals surface area contributed by atoms with E-state index in [0.29, 0.717) is 5.56 Å². The van der Waals surface area contributed by atoms with E-state index < -0.39 is 11.4 Å². The molecule has 6 heteroatoms. The lowest BCUT2D eigenvalue weighted by Gasteiger charge is -2.04. The highest BCUT2D eigenvalue weighted by molar-refractivity contribution is 6.30. The highest BCUT2D eigenvalue weighted by Gasteiger charge is 2.09. The molecule has 1 heterocycles. The van der Waals surface area contributed by atoms with Crippen LogP contribution in [0.1, 0.15) is 5.56 Å². The summed E-state index contributed by atoms with van der Waals surface area (Å²) in [5.74, 6) is -0.862. The summed E-state index contributed by atoms with van der Waals surface area (Å²) < 4.78 is 13.1. The van der Waals surface area contributed by atoms with Crippen LogP contribution in [0.5, 0.6) is 5.88 Å². The molecule has 0 atom stereocenters. The number of nitrogens with zero attached hydrogens (tertiary/aromatic N) is 1. The summed E-state index contributed by atoms with van der Waals surface area (Å²) in [6, 6.07) is 3.74. The van der Waals surface area contributed by atoms with Crippen molar-refractivity contribution in [1.82, 2.24) is 9.97 Å². The molecule has 0 radical (unpaired) electrons. The van der Waals surface area contributed by atoms with Gasteiger partial charge in [-0.05, 0) is 25.1 Å². The highest BCUT2D eigenvalue weighted by Crippen LogP contribution is 2.22. The van der Waals surface area contributed by atoms with Gasteiger partial charge in [0, 0.05) is 10.6 Å². The molecule has 0 amide bonds. The first kappa shape index (κ1) is 11.6. The van der Waals surface area contributed by atoms with Gasteiger partial charge in [-0.1, -0.05) is 11.6 Å². The van der Waals surface area contributed by atoms with E-state index in [4.69, 9.17) is 11.6 Å². The van der Waals surface area contributed by atoms with Crippen LogP contribution >= 0.6 is 11.6 Å². The first-order chi connectivity index (χ1) is 7.97. The van der Waals surface area contributed by atoms with Gasteiger partial charge in [-0.25, -0.2) is 4.39 Å². The fraction of sp³-hybridized carbons (Fsp3) is 0.0909. The summed E-state index contributed by atoms with van der Waals surface area (Å²) in [7, 11) is 0. The van der Waals surface area contributed by atoms with E-state index in [2.05, 4.69) is 9.97 Å². The number of aromatic hydroxyl groups is 1. The molecule has 0 unspecified atom stereocenters. The van der Waals surface area contributed by atoms with Gasteiger partial charge in [0.1, 0.15) is 11.6 Å². The first-order valence-corrected chi connectivity index (χ1v) is 5.11. The van der Waals surface area contributed by atoms with Gasteiger partial charge >= 0.3 is 0 Å². The first-order valence-electron chi connectivity index (χ1n) is 4.73. The molecule has 1 aromatic heterocycles. The van der Waals surface area contributed by atoms with Gasteiger partial charge in [-0.2, -0.15) is 4.98 Å². The maximum Gasteiger partial charge on any atom is 0.257 e. The Morgan fingerprint density at radius 2 is 2.12 bits per heavy atom. The number of hydrogen-bond acceptors (Lipinski definition) is 3. The maximum atomic E-state index is 13.1. The topological polar surface area (TPSA) is 66.0 Å². The van der Waals surface area contributed by atoms with Crippen molar-refractivity contribution in [2.45, 2.75) is 6.92 Å². The Balaban J connectivity index is 2.65. The fourth-order valence-electron chi connectivity index (χ4n) is 1.35. The van der Waals surface area contributed by atoms with Crippen LogP contribution in [0.2, 0.25) is 5.02 Å². The third-order valence-electron chi connectivity index (χ3n) is 2.26. The molecule has 0 aliphatic heterocycles. The Bertz CT molecular complexity index is 620. The predicted octanol–water partition coefficient (Wildman–Crippen LogP) is 2.24. The van der Waals surface area contributed by atoms with Crippen LogP contribution in [0.3, 0.4) is 0 Å². The van der Waals surface area contributed by atoms with Crippen LogP contribution in [0, 0.1) is 12.7 Å². The van der Waals surface area contributed by atoms with Gasteiger partial charge in [0.15, 0.2) is 0 Å². The molecule has 2 rings (SSSR count).